The summed E-state index contributed by atoms with van der Waals surface area (Å²) in [4.78, 5) is 9.73. The summed E-state index contributed by atoms with van der Waals surface area (Å²) in [5.74, 6) is 0.0530. The second-order valence-corrected chi connectivity index (χ2v) is 6.21. The Labute approximate surface area is 143 Å². The third-order valence-corrected chi connectivity index (χ3v) is 4.28. The van der Waals surface area contributed by atoms with Crippen LogP contribution < -0.4 is 8.92 Å². The van der Waals surface area contributed by atoms with Gasteiger partial charge in [0, 0.05) is 18.2 Å². The molecule has 0 fully saturated rings. The minimum atomic E-state index is -4.29. The Kier molecular flexibility index (Phi) is 5.36. The van der Waals surface area contributed by atoms with E-state index >= 15 is 0 Å². The molecule has 128 valence electrons. The van der Waals surface area contributed by atoms with Gasteiger partial charge >= 0.3 is 10.1 Å². The van der Waals surface area contributed by atoms with Crippen molar-refractivity contribution < 1.29 is 22.3 Å². The van der Waals surface area contributed by atoms with Crippen molar-refractivity contribution in [2.45, 2.75) is 4.90 Å². The number of nitro groups is 1. The molecule has 0 heterocycles. The number of nitro benzene ring substituents is 1. The summed E-state index contributed by atoms with van der Waals surface area (Å²) in [6, 6.07) is 10.8. The molecule has 0 aliphatic rings. The Balaban J connectivity index is 2.38. The van der Waals surface area contributed by atoms with Crippen LogP contribution in [0.1, 0.15) is 5.56 Å². The fourth-order valence-corrected chi connectivity index (χ4v) is 2.89. The zero-order chi connectivity index (χ0) is 18.4. The molecule has 0 aromatic heterocycles. The summed E-state index contributed by atoms with van der Waals surface area (Å²) in [6.07, 6.45) is 2.77. The molecular weight excluding hydrogens is 348 g/mol. The first-order chi connectivity index (χ1) is 11.9. The van der Waals surface area contributed by atoms with Gasteiger partial charge in [0.05, 0.1) is 18.1 Å². The van der Waals surface area contributed by atoms with Crippen LogP contribution in [0, 0.1) is 21.4 Å². The molecule has 0 amide bonds. The van der Waals surface area contributed by atoms with Gasteiger partial charge in [0.15, 0.2) is 11.5 Å². The summed E-state index contributed by atoms with van der Waals surface area (Å²) >= 11 is 0. The van der Waals surface area contributed by atoms with Crippen molar-refractivity contribution in [1.29, 1.82) is 5.26 Å². The Morgan fingerprint density at radius 2 is 1.96 bits per heavy atom. The molecule has 0 aliphatic carbocycles. The largest absolute Gasteiger partial charge is 0.493 e. The molecule has 2 aromatic carbocycles. The summed E-state index contributed by atoms with van der Waals surface area (Å²) in [5.41, 5.74) is 0.243. The van der Waals surface area contributed by atoms with E-state index in [9.17, 15) is 18.5 Å². The van der Waals surface area contributed by atoms with E-state index in [4.69, 9.17) is 14.2 Å². The van der Waals surface area contributed by atoms with Crippen LogP contribution in [0.3, 0.4) is 0 Å². The Hall–Kier alpha value is -3.38. The first-order valence-corrected chi connectivity index (χ1v) is 8.21. The predicted molar refractivity (Wildman–Crippen MR) is 88.6 cm³/mol. The minimum absolute atomic E-state index is 0.0805. The van der Waals surface area contributed by atoms with Gasteiger partial charge in [0.1, 0.15) is 4.90 Å². The second-order valence-electron chi connectivity index (χ2n) is 4.66. The first kappa shape index (κ1) is 18.0. The molecule has 25 heavy (non-hydrogen) atoms. The third-order valence-electron chi connectivity index (χ3n) is 3.05. The number of rotatable bonds is 6. The smallest absolute Gasteiger partial charge is 0.339 e. The van der Waals surface area contributed by atoms with Crippen LogP contribution >= 0.6 is 0 Å². The SMILES string of the molecule is COc1cc(/C=C\C#N)ccc1OS(=O)(=O)c1cccc([N+](=O)[O-])c1. The van der Waals surface area contributed by atoms with E-state index in [-0.39, 0.29) is 22.1 Å². The van der Waals surface area contributed by atoms with Gasteiger partial charge in [0.2, 0.25) is 0 Å². The number of nitriles is 1. The molecule has 2 aromatic rings. The zero-order valence-corrected chi connectivity index (χ0v) is 13.8. The van der Waals surface area contributed by atoms with Crippen LogP contribution in [-0.4, -0.2) is 20.5 Å². The number of nitrogens with zero attached hydrogens (tertiary/aromatic N) is 2. The number of ether oxygens (including phenoxy) is 1. The number of methoxy groups -OCH3 is 1. The highest BCUT2D eigenvalue weighted by molar-refractivity contribution is 7.87. The van der Waals surface area contributed by atoms with Gasteiger partial charge in [-0.1, -0.05) is 12.1 Å². The Morgan fingerprint density at radius 3 is 2.60 bits per heavy atom. The van der Waals surface area contributed by atoms with Gasteiger partial charge in [-0.3, -0.25) is 10.1 Å². The first-order valence-electron chi connectivity index (χ1n) is 6.80. The lowest BCUT2D eigenvalue weighted by molar-refractivity contribution is -0.385. The number of hydrogen-bond acceptors (Lipinski definition) is 7. The lowest BCUT2D eigenvalue weighted by Crippen LogP contribution is -2.10. The molecule has 0 radical (unpaired) electrons. The van der Waals surface area contributed by atoms with Crippen molar-refractivity contribution in [2.75, 3.05) is 7.11 Å². The molecule has 0 atom stereocenters. The molecule has 0 unspecified atom stereocenters. The number of benzene rings is 2. The van der Waals surface area contributed by atoms with Crippen LogP contribution in [0.25, 0.3) is 6.08 Å². The number of hydrogen-bond donors (Lipinski definition) is 0. The van der Waals surface area contributed by atoms with E-state index in [1.54, 1.807) is 0 Å². The van der Waals surface area contributed by atoms with Crippen molar-refractivity contribution in [2.24, 2.45) is 0 Å². The third kappa shape index (κ3) is 4.33. The molecule has 0 N–H and O–H groups in total. The van der Waals surface area contributed by atoms with E-state index in [1.807, 2.05) is 6.07 Å². The minimum Gasteiger partial charge on any atom is -0.493 e. The monoisotopic (exact) mass is 360 g/mol. The molecule has 2 rings (SSSR count). The fourth-order valence-electron chi connectivity index (χ4n) is 1.91. The molecule has 0 spiro atoms. The van der Waals surface area contributed by atoms with Crippen LogP contribution in [0.15, 0.2) is 53.4 Å². The lowest BCUT2D eigenvalue weighted by Gasteiger charge is -2.11. The van der Waals surface area contributed by atoms with Crippen molar-refractivity contribution >= 4 is 21.9 Å². The maximum Gasteiger partial charge on any atom is 0.339 e. The average Bonchev–Trinajstić information content (AvgIpc) is 2.60. The molecular formula is C16H12N2O6S. The normalized spacial score (nSPS) is 11.0. The summed E-state index contributed by atoms with van der Waals surface area (Å²) in [6.45, 7) is 0. The average molecular weight is 360 g/mol. The van der Waals surface area contributed by atoms with Crippen LogP contribution in [0.4, 0.5) is 5.69 Å². The quantitative estimate of drug-likeness (QED) is 0.336. The highest BCUT2D eigenvalue weighted by Crippen LogP contribution is 2.31. The second kappa shape index (κ2) is 7.46. The molecule has 0 saturated heterocycles. The molecule has 8 nitrogen and oxygen atoms in total. The summed E-state index contributed by atoms with van der Waals surface area (Å²) in [7, 11) is -2.95. The lowest BCUT2D eigenvalue weighted by atomic mass is 10.2. The van der Waals surface area contributed by atoms with Gasteiger partial charge in [-0.05, 0) is 29.8 Å². The van der Waals surface area contributed by atoms with Gasteiger partial charge in [0.25, 0.3) is 5.69 Å². The van der Waals surface area contributed by atoms with Crippen molar-refractivity contribution in [1.82, 2.24) is 0 Å². The summed E-state index contributed by atoms with van der Waals surface area (Å²) in [5, 5.41) is 19.3. The number of non-ortho nitro benzene ring substituents is 1. The topological polar surface area (TPSA) is 120 Å². The maximum absolute atomic E-state index is 12.3. The number of allylic oxidation sites excluding steroid dienone is 1. The predicted octanol–water partition coefficient (Wildman–Crippen LogP) is 2.91. The van der Waals surface area contributed by atoms with E-state index in [0.717, 1.165) is 6.07 Å². The van der Waals surface area contributed by atoms with E-state index < -0.39 is 15.0 Å². The van der Waals surface area contributed by atoms with Crippen molar-refractivity contribution in [3.05, 3.63) is 64.2 Å². The Morgan fingerprint density at radius 1 is 1.20 bits per heavy atom. The van der Waals surface area contributed by atoms with Crippen molar-refractivity contribution in [3.8, 4) is 17.6 Å². The summed E-state index contributed by atoms with van der Waals surface area (Å²) < 4.78 is 34.8. The molecule has 0 aliphatic heterocycles. The Bertz CT molecular complexity index is 976. The van der Waals surface area contributed by atoms with Crippen LogP contribution in [0.2, 0.25) is 0 Å². The fraction of sp³-hybridized carbons (Fsp3) is 0.0625. The van der Waals surface area contributed by atoms with Gasteiger partial charge in [-0.2, -0.15) is 13.7 Å². The van der Waals surface area contributed by atoms with E-state index in [0.29, 0.717) is 5.56 Å². The van der Waals surface area contributed by atoms with Gasteiger partial charge in [-0.15, -0.1) is 0 Å². The van der Waals surface area contributed by atoms with E-state index in [2.05, 4.69) is 0 Å². The molecule has 0 bridgehead atoms. The van der Waals surface area contributed by atoms with E-state index in [1.165, 1.54) is 55.7 Å². The molecule has 0 saturated carbocycles. The highest BCUT2D eigenvalue weighted by atomic mass is 32.2. The zero-order valence-electron chi connectivity index (χ0n) is 12.9. The highest BCUT2D eigenvalue weighted by Gasteiger charge is 2.21. The molecule has 9 heteroatoms. The standard InChI is InChI=1S/C16H12N2O6S/c1-23-16-10-12(4-3-9-17)7-8-15(16)24-25(21,22)14-6-2-5-13(11-14)18(19)20/h2-8,10-11H,1H3/b4-3-. The van der Waals surface area contributed by atoms with Gasteiger partial charge < -0.3 is 8.92 Å². The van der Waals surface area contributed by atoms with Crippen LogP contribution in [-0.2, 0) is 10.1 Å². The van der Waals surface area contributed by atoms with Crippen LogP contribution in [0.5, 0.6) is 11.5 Å². The van der Waals surface area contributed by atoms with Gasteiger partial charge in [-0.25, -0.2) is 0 Å². The van der Waals surface area contributed by atoms with Crippen molar-refractivity contribution in [3.63, 3.8) is 0 Å². The maximum atomic E-state index is 12.3.